The molecule has 1 amide bonds. The SMILES string of the molecule is CC.COC(=O)c1cc(C(=O)NCC(C)C)ccc1-c1ccccc1C=O. The number of benzene rings is 2. The molecule has 5 heteroatoms. The van der Waals surface area contributed by atoms with Crippen LogP contribution >= 0.6 is 0 Å². The van der Waals surface area contributed by atoms with Gasteiger partial charge in [-0.05, 0) is 29.2 Å². The average Bonchev–Trinajstić information content (AvgIpc) is 2.72. The Morgan fingerprint density at radius 1 is 1.07 bits per heavy atom. The summed E-state index contributed by atoms with van der Waals surface area (Å²) in [7, 11) is 1.28. The van der Waals surface area contributed by atoms with Crippen LogP contribution in [0.1, 0.15) is 58.8 Å². The van der Waals surface area contributed by atoms with E-state index >= 15 is 0 Å². The van der Waals surface area contributed by atoms with Gasteiger partial charge < -0.3 is 10.1 Å². The number of aldehydes is 1. The molecular weight excluding hydrogens is 342 g/mol. The van der Waals surface area contributed by atoms with Gasteiger partial charge in [0.25, 0.3) is 5.91 Å². The zero-order chi connectivity index (χ0) is 20.4. The molecule has 2 aromatic carbocycles. The maximum Gasteiger partial charge on any atom is 0.338 e. The summed E-state index contributed by atoms with van der Waals surface area (Å²) < 4.78 is 4.85. The predicted molar refractivity (Wildman–Crippen MR) is 107 cm³/mol. The third-order valence-corrected chi connectivity index (χ3v) is 3.74. The van der Waals surface area contributed by atoms with Gasteiger partial charge in [-0.25, -0.2) is 4.79 Å². The fourth-order valence-electron chi connectivity index (χ4n) is 2.44. The summed E-state index contributed by atoms with van der Waals surface area (Å²) in [6.45, 7) is 8.54. The number of ether oxygens (including phenoxy) is 1. The molecule has 144 valence electrons. The number of hydrogen-bond acceptors (Lipinski definition) is 4. The third kappa shape index (κ3) is 5.78. The average molecular weight is 369 g/mol. The van der Waals surface area contributed by atoms with E-state index in [1.54, 1.807) is 36.4 Å². The Hall–Kier alpha value is -2.95. The van der Waals surface area contributed by atoms with Crippen LogP contribution in [0, 0.1) is 5.92 Å². The van der Waals surface area contributed by atoms with Crippen LogP contribution in [-0.2, 0) is 4.74 Å². The van der Waals surface area contributed by atoms with Gasteiger partial charge in [-0.1, -0.05) is 58.0 Å². The summed E-state index contributed by atoms with van der Waals surface area (Å²) in [6, 6.07) is 11.8. The molecule has 5 nitrogen and oxygen atoms in total. The molecule has 0 bridgehead atoms. The summed E-state index contributed by atoms with van der Waals surface area (Å²) in [5.41, 5.74) is 2.24. The predicted octanol–water partition coefficient (Wildman–Crippen LogP) is 4.36. The lowest BCUT2D eigenvalue weighted by molar-refractivity contribution is 0.0601. The minimum Gasteiger partial charge on any atom is -0.465 e. The van der Waals surface area contributed by atoms with Crippen LogP contribution in [0.15, 0.2) is 42.5 Å². The van der Waals surface area contributed by atoms with Crippen LogP contribution in [-0.4, -0.2) is 31.8 Å². The van der Waals surface area contributed by atoms with Crippen molar-refractivity contribution in [3.05, 3.63) is 59.2 Å². The highest BCUT2D eigenvalue weighted by atomic mass is 16.5. The van der Waals surface area contributed by atoms with Crippen molar-refractivity contribution >= 4 is 18.2 Å². The van der Waals surface area contributed by atoms with E-state index in [1.807, 2.05) is 27.7 Å². The number of rotatable bonds is 6. The second-order valence-corrected chi connectivity index (χ2v) is 6.06. The topological polar surface area (TPSA) is 72.5 Å². The highest BCUT2D eigenvalue weighted by Gasteiger charge is 2.18. The molecule has 0 saturated heterocycles. The molecule has 0 aliphatic rings. The van der Waals surface area contributed by atoms with Crippen molar-refractivity contribution in [3.8, 4) is 11.1 Å². The van der Waals surface area contributed by atoms with Crippen LogP contribution in [0.4, 0.5) is 0 Å². The van der Waals surface area contributed by atoms with Crippen molar-refractivity contribution in [1.82, 2.24) is 5.32 Å². The molecule has 27 heavy (non-hydrogen) atoms. The number of carbonyl (C=O) groups excluding carboxylic acids is 3. The molecule has 0 aliphatic carbocycles. The third-order valence-electron chi connectivity index (χ3n) is 3.74. The molecular formula is C22H27NO4. The van der Waals surface area contributed by atoms with E-state index < -0.39 is 5.97 Å². The summed E-state index contributed by atoms with van der Waals surface area (Å²) >= 11 is 0. The maximum absolute atomic E-state index is 12.3. The largest absolute Gasteiger partial charge is 0.465 e. The van der Waals surface area contributed by atoms with Crippen molar-refractivity contribution < 1.29 is 19.1 Å². The van der Waals surface area contributed by atoms with Crippen LogP contribution in [0.25, 0.3) is 11.1 Å². The molecule has 0 radical (unpaired) electrons. The van der Waals surface area contributed by atoms with Gasteiger partial charge in [0.2, 0.25) is 0 Å². The van der Waals surface area contributed by atoms with Crippen LogP contribution in [0.3, 0.4) is 0 Å². The Balaban J connectivity index is 0.00000176. The number of hydrogen-bond donors (Lipinski definition) is 1. The van der Waals surface area contributed by atoms with E-state index in [2.05, 4.69) is 5.32 Å². The molecule has 2 rings (SSSR count). The summed E-state index contributed by atoms with van der Waals surface area (Å²) in [4.78, 5) is 35.8. The second kappa shape index (κ2) is 10.9. The Bertz CT molecular complexity index is 797. The van der Waals surface area contributed by atoms with E-state index in [4.69, 9.17) is 4.74 Å². The highest BCUT2D eigenvalue weighted by Crippen LogP contribution is 2.28. The summed E-state index contributed by atoms with van der Waals surface area (Å²) in [5, 5.41) is 2.82. The van der Waals surface area contributed by atoms with Gasteiger partial charge in [0.1, 0.15) is 0 Å². The van der Waals surface area contributed by atoms with Gasteiger partial charge in [-0.15, -0.1) is 0 Å². The molecule has 0 aromatic heterocycles. The van der Waals surface area contributed by atoms with E-state index in [0.717, 1.165) is 6.29 Å². The Kier molecular flexibility index (Phi) is 8.93. The lowest BCUT2D eigenvalue weighted by Gasteiger charge is -2.13. The quantitative estimate of drug-likeness (QED) is 0.606. The van der Waals surface area contributed by atoms with Gasteiger partial charge in [-0.2, -0.15) is 0 Å². The summed E-state index contributed by atoms with van der Waals surface area (Å²) in [5.74, 6) is -0.494. The van der Waals surface area contributed by atoms with Gasteiger partial charge in [0.05, 0.1) is 12.7 Å². The van der Waals surface area contributed by atoms with Crippen molar-refractivity contribution in [2.75, 3.05) is 13.7 Å². The fraction of sp³-hybridized carbons (Fsp3) is 0.318. The first-order valence-electron chi connectivity index (χ1n) is 9.03. The first-order valence-corrected chi connectivity index (χ1v) is 9.03. The molecule has 0 atom stereocenters. The molecule has 0 aliphatic heterocycles. The Morgan fingerprint density at radius 2 is 1.74 bits per heavy atom. The van der Waals surface area contributed by atoms with Crippen LogP contribution in [0.2, 0.25) is 0 Å². The zero-order valence-electron chi connectivity index (χ0n) is 16.5. The van der Waals surface area contributed by atoms with Crippen molar-refractivity contribution in [2.24, 2.45) is 5.92 Å². The molecule has 2 aromatic rings. The Labute approximate surface area is 160 Å². The van der Waals surface area contributed by atoms with E-state index in [-0.39, 0.29) is 11.5 Å². The number of amides is 1. The number of nitrogens with one attached hydrogen (secondary N) is 1. The number of methoxy groups -OCH3 is 1. The smallest absolute Gasteiger partial charge is 0.338 e. The van der Waals surface area contributed by atoms with E-state index in [0.29, 0.717) is 34.7 Å². The number of esters is 1. The Morgan fingerprint density at radius 3 is 2.33 bits per heavy atom. The van der Waals surface area contributed by atoms with E-state index in [9.17, 15) is 14.4 Å². The summed E-state index contributed by atoms with van der Waals surface area (Å²) in [6.07, 6.45) is 0.736. The molecule has 0 unspecified atom stereocenters. The molecule has 0 spiro atoms. The lowest BCUT2D eigenvalue weighted by Crippen LogP contribution is -2.27. The molecule has 1 N–H and O–H groups in total. The molecule has 0 heterocycles. The van der Waals surface area contributed by atoms with Gasteiger partial charge >= 0.3 is 5.97 Å². The van der Waals surface area contributed by atoms with Crippen molar-refractivity contribution in [3.63, 3.8) is 0 Å². The van der Waals surface area contributed by atoms with Crippen LogP contribution in [0.5, 0.6) is 0 Å². The van der Waals surface area contributed by atoms with Gasteiger partial charge in [0, 0.05) is 17.7 Å². The molecule has 0 fully saturated rings. The monoisotopic (exact) mass is 369 g/mol. The zero-order valence-corrected chi connectivity index (χ0v) is 16.5. The lowest BCUT2D eigenvalue weighted by atomic mass is 9.94. The maximum atomic E-state index is 12.3. The number of carbonyl (C=O) groups is 3. The fourth-order valence-corrected chi connectivity index (χ4v) is 2.44. The normalized spacial score (nSPS) is 9.85. The standard InChI is InChI=1S/C20H21NO4.C2H6/c1-13(2)11-21-19(23)14-8-9-17(18(10-14)20(24)25-3)16-7-5-4-6-15(16)12-22;1-2/h4-10,12-13H,11H2,1-3H3,(H,21,23);1-2H3. The van der Waals surface area contributed by atoms with Gasteiger partial charge in [-0.3, -0.25) is 9.59 Å². The minimum atomic E-state index is -0.561. The van der Waals surface area contributed by atoms with Gasteiger partial charge in [0.15, 0.2) is 6.29 Å². The van der Waals surface area contributed by atoms with Crippen molar-refractivity contribution in [2.45, 2.75) is 27.7 Å². The second-order valence-electron chi connectivity index (χ2n) is 6.06. The minimum absolute atomic E-state index is 0.244. The molecule has 0 saturated carbocycles. The van der Waals surface area contributed by atoms with Crippen molar-refractivity contribution in [1.29, 1.82) is 0 Å². The van der Waals surface area contributed by atoms with Crippen LogP contribution < -0.4 is 5.32 Å². The first kappa shape index (κ1) is 22.1. The highest BCUT2D eigenvalue weighted by molar-refractivity contribution is 6.03. The van der Waals surface area contributed by atoms with E-state index in [1.165, 1.54) is 13.2 Å². The first-order chi connectivity index (χ1) is 13.0.